The van der Waals surface area contributed by atoms with Gasteiger partial charge in [0.05, 0.1) is 13.2 Å². The number of hydrogen-bond donors (Lipinski definition) is 3. The largest absolute Gasteiger partial charge is 0.508 e. The van der Waals surface area contributed by atoms with Crippen molar-refractivity contribution in [1.29, 1.82) is 0 Å². The zero-order valence-electron chi connectivity index (χ0n) is 13.9. The van der Waals surface area contributed by atoms with Crippen LogP contribution >= 0.6 is 0 Å². The van der Waals surface area contributed by atoms with Crippen LogP contribution in [-0.2, 0) is 0 Å². The molecular formula is C19H23NO4. The third kappa shape index (κ3) is 4.81. The fourth-order valence-corrected chi connectivity index (χ4v) is 2.43. The average Bonchev–Trinajstić information content (AvgIpc) is 2.61. The molecular weight excluding hydrogens is 306 g/mol. The molecule has 0 fully saturated rings. The quantitative estimate of drug-likeness (QED) is 0.649. The number of aliphatic hydroxyl groups excluding tert-OH is 1. The Morgan fingerprint density at radius 3 is 2.58 bits per heavy atom. The zero-order valence-corrected chi connectivity index (χ0v) is 13.9. The number of phenolic OH excluding ortho intramolecular Hbond substituents is 1. The second-order valence-electron chi connectivity index (χ2n) is 5.68. The van der Waals surface area contributed by atoms with Crippen molar-refractivity contribution in [3.8, 4) is 11.5 Å². The normalized spacial score (nSPS) is 13.3. The number of carbonyl (C=O) groups is 1. The van der Waals surface area contributed by atoms with E-state index in [-0.39, 0.29) is 17.6 Å². The first-order chi connectivity index (χ1) is 11.5. The molecule has 0 aliphatic rings. The van der Waals surface area contributed by atoms with Crippen LogP contribution in [0.4, 0.5) is 0 Å². The first-order valence-electron chi connectivity index (χ1n) is 7.89. The van der Waals surface area contributed by atoms with Crippen molar-refractivity contribution < 1.29 is 19.7 Å². The lowest BCUT2D eigenvalue weighted by molar-refractivity contribution is 0.0971. The highest BCUT2D eigenvalue weighted by molar-refractivity contribution is 5.96. The van der Waals surface area contributed by atoms with Gasteiger partial charge in [0.2, 0.25) is 0 Å². The Labute approximate surface area is 141 Å². The first-order valence-corrected chi connectivity index (χ1v) is 7.89. The minimum atomic E-state index is -0.711. The van der Waals surface area contributed by atoms with Crippen molar-refractivity contribution in [3.05, 3.63) is 59.7 Å². The van der Waals surface area contributed by atoms with Crippen LogP contribution in [0.25, 0.3) is 0 Å². The number of rotatable bonds is 8. The second-order valence-corrected chi connectivity index (χ2v) is 5.68. The average molecular weight is 329 g/mol. The number of ketones is 1. The monoisotopic (exact) mass is 329 g/mol. The SMILES string of the molecule is COc1cccc(C(=O)CCNC(C)C(O)c2ccc(O)cc2)c1. The summed E-state index contributed by atoms with van der Waals surface area (Å²) >= 11 is 0. The van der Waals surface area contributed by atoms with Crippen molar-refractivity contribution in [2.75, 3.05) is 13.7 Å². The molecule has 0 amide bonds. The molecule has 2 unspecified atom stereocenters. The summed E-state index contributed by atoms with van der Waals surface area (Å²) in [4.78, 5) is 12.2. The van der Waals surface area contributed by atoms with E-state index in [0.717, 1.165) is 0 Å². The molecule has 128 valence electrons. The predicted molar refractivity (Wildman–Crippen MR) is 92.5 cm³/mol. The number of nitrogens with one attached hydrogen (secondary N) is 1. The molecule has 5 heteroatoms. The van der Waals surface area contributed by atoms with Crippen molar-refractivity contribution >= 4 is 5.78 Å². The standard InChI is InChI=1S/C19H23NO4/c1-13(19(23)14-6-8-16(21)9-7-14)20-11-10-18(22)15-4-3-5-17(12-15)24-2/h3-9,12-13,19-21,23H,10-11H2,1-2H3. The van der Waals surface area contributed by atoms with E-state index in [1.54, 1.807) is 43.5 Å². The maximum Gasteiger partial charge on any atom is 0.164 e. The molecule has 3 N–H and O–H groups in total. The van der Waals surface area contributed by atoms with Crippen LogP contribution in [0.1, 0.15) is 35.4 Å². The van der Waals surface area contributed by atoms with E-state index in [9.17, 15) is 15.0 Å². The Bertz CT molecular complexity index is 669. The lowest BCUT2D eigenvalue weighted by Gasteiger charge is -2.20. The molecule has 0 aromatic heterocycles. The molecule has 0 aliphatic heterocycles. The fourth-order valence-electron chi connectivity index (χ4n) is 2.43. The Hall–Kier alpha value is -2.37. The van der Waals surface area contributed by atoms with Crippen LogP contribution < -0.4 is 10.1 Å². The molecule has 2 atom stereocenters. The Kier molecular flexibility index (Phi) is 6.35. The number of hydrogen-bond acceptors (Lipinski definition) is 5. The van der Waals surface area contributed by atoms with E-state index >= 15 is 0 Å². The van der Waals surface area contributed by atoms with Gasteiger partial charge >= 0.3 is 0 Å². The van der Waals surface area contributed by atoms with Gasteiger partial charge in [0.25, 0.3) is 0 Å². The minimum Gasteiger partial charge on any atom is -0.508 e. The molecule has 0 radical (unpaired) electrons. The molecule has 5 nitrogen and oxygen atoms in total. The smallest absolute Gasteiger partial charge is 0.164 e. The molecule has 0 bridgehead atoms. The van der Waals surface area contributed by atoms with Crippen LogP contribution in [0.3, 0.4) is 0 Å². The Morgan fingerprint density at radius 2 is 1.92 bits per heavy atom. The van der Waals surface area contributed by atoms with E-state index in [1.807, 2.05) is 6.92 Å². The van der Waals surface area contributed by atoms with E-state index in [1.165, 1.54) is 12.1 Å². The molecule has 0 saturated heterocycles. The topological polar surface area (TPSA) is 78.8 Å². The molecule has 2 aromatic carbocycles. The van der Waals surface area contributed by atoms with E-state index in [2.05, 4.69) is 5.32 Å². The highest BCUT2D eigenvalue weighted by Gasteiger charge is 2.16. The molecule has 0 heterocycles. The Morgan fingerprint density at radius 1 is 1.21 bits per heavy atom. The third-order valence-corrected chi connectivity index (χ3v) is 3.92. The molecule has 2 rings (SSSR count). The van der Waals surface area contributed by atoms with Gasteiger partial charge < -0.3 is 20.3 Å². The van der Waals surface area contributed by atoms with Gasteiger partial charge in [0.1, 0.15) is 11.5 Å². The van der Waals surface area contributed by atoms with Gasteiger partial charge in [-0.25, -0.2) is 0 Å². The maximum atomic E-state index is 12.2. The number of carbonyl (C=O) groups excluding carboxylic acids is 1. The second kappa shape index (κ2) is 8.47. The van der Waals surface area contributed by atoms with Gasteiger partial charge in [-0.1, -0.05) is 24.3 Å². The molecule has 0 spiro atoms. The van der Waals surface area contributed by atoms with Gasteiger partial charge in [-0.2, -0.15) is 0 Å². The van der Waals surface area contributed by atoms with Gasteiger partial charge in [0, 0.05) is 24.6 Å². The van der Waals surface area contributed by atoms with Crippen LogP contribution in [0, 0.1) is 0 Å². The van der Waals surface area contributed by atoms with Crippen molar-refractivity contribution in [2.45, 2.75) is 25.5 Å². The number of phenols is 1. The summed E-state index contributed by atoms with van der Waals surface area (Å²) in [5.74, 6) is 0.841. The Balaban J connectivity index is 1.84. The molecule has 24 heavy (non-hydrogen) atoms. The highest BCUT2D eigenvalue weighted by Crippen LogP contribution is 2.19. The summed E-state index contributed by atoms with van der Waals surface area (Å²) in [6, 6.07) is 13.3. The van der Waals surface area contributed by atoms with Crippen LogP contribution in [0.2, 0.25) is 0 Å². The van der Waals surface area contributed by atoms with Gasteiger partial charge in [-0.05, 0) is 36.8 Å². The molecule has 0 saturated carbocycles. The maximum absolute atomic E-state index is 12.2. The summed E-state index contributed by atoms with van der Waals surface area (Å²) in [5.41, 5.74) is 1.33. The number of aromatic hydroxyl groups is 1. The van der Waals surface area contributed by atoms with Crippen LogP contribution in [-0.4, -0.2) is 35.7 Å². The lowest BCUT2D eigenvalue weighted by atomic mass is 10.0. The van der Waals surface area contributed by atoms with Crippen molar-refractivity contribution in [2.24, 2.45) is 0 Å². The first kappa shape index (κ1) is 18.0. The fraction of sp³-hybridized carbons (Fsp3) is 0.316. The van der Waals surface area contributed by atoms with E-state index < -0.39 is 6.10 Å². The number of ether oxygens (including phenoxy) is 1. The zero-order chi connectivity index (χ0) is 17.5. The van der Waals surface area contributed by atoms with Gasteiger partial charge in [-0.15, -0.1) is 0 Å². The minimum absolute atomic E-state index is 0.0210. The molecule has 2 aromatic rings. The summed E-state index contributed by atoms with van der Waals surface area (Å²) in [5, 5.41) is 22.7. The summed E-state index contributed by atoms with van der Waals surface area (Å²) in [7, 11) is 1.57. The number of Topliss-reactive ketones (excluding diaryl/α,β-unsaturated/α-hetero) is 1. The highest BCUT2D eigenvalue weighted by atomic mass is 16.5. The number of benzene rings is 2. The van der Waals surface area contributed by atoms with Gasteiger partial charge in [-0.3, -0.25) is 4.79 Å². The molecule has 0 aliphatic carbocycles. The van der Waals surface area contributed by atoms with Crippen molar-refractivity contribution in [1.82, 2.24) is 5.32 Å². The van der Waals surface area contributed by atoms with Crippen LogP contribution in [0.15, 0.2) is 48.5 Å². The number of aliphatic hydroxyl groups is 1. The van der Waals surface area contributed by atoms with Crippen molar-refractivity contribution in [3.63, 3.8) is 0 Å². The van der Waals surface area contributed by atoms with Crippen LogP contribution in [0.5, 0.6) is 11.5 Å². The third-order valence-electron chi connectivity index (χ3n) is 3.92. The lowest BCUT2D eigenvalue weighted by Crippen LogP contribution is -2.33. The summed E-state index contributed by atoms with van der Waals surface area (Å²) < 4.78 is 5.12. The predicted octanol–water partition coefficient (Wildman–Crippen LogP) is 2.69. The number of methoxy groups -OCH3 is 1. The van der Waals surface area contributed by atoms with E-state index in [0.29, 0.717) is 29.8 Å². The summed E-state index contributed by atoms with van der Waals surface area (Å²) in [6.45, 7) is 2.32. The van der Waals surface area contributed by atoms with Gasteiger partial charge in [0.15, 0.2) is 5.78 Å². The summed E-state index contributed by atoms with van der Waals surface area (Å²) in [6.07, 6.45) is -0.377. The van der Waals surface area contributed by atoms with E-state index in [4.69, 9.17) is 4.74 Å².